The zero-order chi connectivity index (χ0) is 47.0. The Morgan fingerprint density at radius 1 is 0.462 bits per heavy atom. The number of benzene rings is 6. The van der Waals surface area contributed by atoms with Crippen molar-refractivity contribution in [2.75, 3.05) is 14.2 Å². The maximum absolute atomic E-state index is 7.48. The summed E-state index contributed by atoms with van der Waals surface area (Å²) in [6, 6.07) is 29.0. The maximum Gasteiger partial charge on any atom is 0.530 e. The van der Waals surface area contributed by atoms with Gasteiger partial charge in [-0.05, 0) is 88.4 Å². The summed E-state index contributed by atoms with van der Waals surface area (Å²) >= 11 is 0. The molecule has 0 amide bonds. The molecule has 2 heterocycles. The summed E-state index contributed by atoms with van der Waals surface area (Å²) in [5.74, 6) is 5.45. The zero-order valence-electron chi connectivity index (χ0n) is 41.0. The number of hydrogen-bond acceptors (Lipinski definition) is 8. The summed E-state index contributed by atoms with van der Waals surface area (Å²) in [4.78, 5) is 0. The van der Waals surface area contributed by atoms with E-state index in [0.29, 0.717) is 52.0 Å². The third-order valence-corrected chi connectivity index (χ3v) is 14.0. The summed E-state index contributed by atoms with van der Waals surface area (Å²) in [6.45, 7) is 30.6. The molecule has 8 rings (SSSR count). The first-order chi connectivity index (χ1) is 30.4. The van der Waals surface area contributed by atoms with Crippen LogP contribution in [-0.4, -0.2) is 14.2 Å². The summed E-state index contributed by atoms with van der Waals surface area (Å²) in [7, 11) is -0.770. The van der Waals surface area contributed by atoms with Gasteiger partial charge in [0.1, 0.15) is 46.0 Å². The molecule has 0 unspecified atom stereocenters. The lowest BCUT2D eigenvalue weighted by atomic mass is 9.81. The molecule has 0 spiro atoms. The van der Waals surface area contributed by atoms with E-state index in [1.54, 1.807) is 14.2 Å². The first-order valence-corrected chi connectivity index (χ1v) is 24.5. The molecule has 0 atom stereocenters. The Balaban J connectivity index is 1.37. The molecule has 6 aromatic rings. The van der Waals surface area contributed by atoms with Crippen LogP contribution < -0.4 is 36.6 Å². The highest BCUT2D eigenvalue weighted by Gasteiger charge is 2.38. The van der Waals surface area contributed by atoms with Crippen LogP contribution in [0.15, 0.2) is 84.9 Å². The minimum atomic E-state index is -2.17. The molecule has 0 radical (unpaired) electrons. The molecular formula is C55H64O8P2. The van der Waals surface area contributed by atoms with Crippen molar-refractivity contribution in [1.29, 1.82) is 0 Å². The average Bonchev–Trinajstić information content (AvgIpc) is 3.20. The van der Waals surface area contributed by atoms with Crippen LogP contribution in [0.5, 0.6) is 46.0 Å². The van der Waals surface area contributed by atoms with Crippen LogP contribution in [0.3, 0.4) is 0 Å². The third kappa shape index (κ3) is 9.32. The van der Waals surface area contributed by atoms with E-state index in [1.165, 1.54) is 11.1 Å². The molecular weight excluding hydrogens is 851 g/mol. The van der Waals surface area contributed by atoms with Gasteiger partial charge in [-0.1, -0.05) is 143 Å². The number of fused-ring (bicyclic) bond motifs is 2. The fourth-order valence-corrected chi connectivity index (χ4v) is 10.9. The lowest BCUT2D eigenvalue weighted by Gasteiger charge is -2.34. The van der Waals surface area contributed by atoms with Gasteiger partial charge in [-0.2, -0.15) is 0 Å². The molecule has 0 bridgehead atoms. The van der Waals surface area contributed by atoms with Crippen LogP contribution in [0.2, 0.25) is 0 Å². The van der Waals surface area contributed by atoms with Crippen molar-refractivity contribution in [3.8, 4) is 57.1 Å². The lowest BCUT2D eigenvalue weighted by Crippen LogP contribution is -2.20. The van der Waals surface area contributed by atoms with Crippen molar-refractivity contribution in [2.45, 2.75) is 125 Å². The van der Waals surface area contributed by atoms with Crippen molar-refractivity contribution >= 4 is 28.0 Å². The standard InChI is InChI=1S/C55H64O8P2/c1-32-23-35-27-36-24-33(2)26-42(53(6,7)8)49(36)61-65(60-48(35)41(25-32)52(3,4)5)63-51-40(29-38(57-16)31-44(51)55(12,13)14)39-28-37(56-15)30-43(54(9,10)11)50(39)62-64-58-45-21-17-19-34-20-18-22-46(59-64)47(34)45/h17-26,28-31H,27H2,1-16H3. The predicted molar refractivity (Wildman–Crippen MR) is 267 cm³/mol. The van der Waals surface area contributed by atoms with Crippen molar-refractivity contribution in [1.82, 2.24) is 0 Å². The quantitative estimate of drug-likeness (QED) is 0.147. The number of aryl methyl sites for hydroxylation is 2. The van der Waals surface area contributed by atoms with E-state index in [1.807, 2.05) is 48.5 Å². The second-order valence-electron chi connectivity index (χ2n) is 21.5. The topological polar surface area (TPSA) is 73.8 Å². The number of rotatable bonds is 7. The summed E-state index contributed by atoms with van der Waals surface area (Å²) < 4.78 is 54.4. The van der Waals surface area contributed by atoms with Crippen LogP contribution in [0.25, 0.3) is 21.9 Å². The molecule has 8 nitrogen and oxygen atoms in total. The van der Waals surface area contributed by atoms with Crippen molar-refractivity contribution < 1.29 is 36.6 Å². The summed E-state index contributed by atoms with van der Waals surface area (Å²) in [5, 5.41) is 1.95. The van der Waals surface area contributed by atoms with Crippen LogP contribution in [0, 0.1) is 13.8 Å². The fraction of sp³-hybridized carbons (Fsp3) is 0.382. The van der Waals surface area contributed by atoms with E-state index >= 15 is 0 Å². The molecule has 0 fully saturated rings. The number of hydrogen-bond donors (Lipinski definition) is 0. The monoisotopic (exact) mass is 914 g/mol. The molecule has 0 saturated heterocycles. The van der Waals surface area contributed by atoms with Gasteiger partial charge in [0.2, 0.25) is 0 Å². The Morgan fingerprint density at radius 2 is 0.846 bits per heavy atom. The molecule has 6 aromatic carbocycles. The van der Waals surface area contributed by atoms with Crippen molar-refractivity contribution in [2.24, 2.45) is 0 Å². The molecule has 0 saturated carbocycles. The van der Waals surface area contributed by atoms with Crippen molar-refractivity contribution in [3.63, 3.8) is 0 Å². The van der Waals surface area contributed by atoms with Crippen LogP contribution in [0.1, 0.15) is 128 Å². The largest absolute Gasteiger partial charge is 0.530 e. The average molecular weight is 915 g/mol. The maximum atomic E-state index is 7.48. The van der Waals surface area contributed by atoms with Gasteiger partial charge in [-0.15, -0.1) is 0 Å². The Labute approximate surface area is 388 Å². The van der Waals surface area contributed by atoms with E-state index in [2.05, 4.69) is 133 Å². The second-order valence-corrected chi connectivity index (χ2v) is 23.5. The molecule has 342 valence electrons. The van der Waals surface area contributed by atoms with Crippen LogP contribution >= 0.6 is 17.2 Å². The van der Waals surface area contributed by atoms with Gasteiger partial charge in [0, 0.05) is 39.8 Å². The molecule has 2 aliphatic heterocycles. The van der Waals surface area contributed by atoms with Crippen LogP contribution in [-0.2, 0) is 28.1 Å². The van der Waals surface area contributed by atoms with Crippen LogP contribution in [0.4, 0.5) is 0 Å². The van der Waals surface area contributed by atoms with E-state index in [9.17, 15) is 0 Å². The Kier molecular flexibility index (Phi) is 12.1. The first kappa shape index (κ1) is 46.4. The van der Waals surface area contributed by atoms with E-state index in [0.717, 1.165) is 55.7 Å². The molecule has 2 aliphatic rings. The minimum absolute atomic E-state index is 0.239. The summed E-state index contributed by atoms with van der Waals surface area (Å²) in [6.07, 6.45) is 0.649. The number of methoxy groups -OCH3 is 2. The van der Waals surface area contributed by atoms with Gasteiger partial charge in [-0.25, -0.2) is 0 Å². The van der Waals surface area contributed by atoms with E-state index < -0.39 is 28.0 Å². The Morgan fingerprint density at radius 3 is 1.22 bits per heavy atom. The molecule has 0 aromatic heterocycles. The SMILES string of the molecule is COc1cc(-c2cc(OC)cc(C(C)(C)C)c2OP2Oc3cccc4cccc(c34)O2)c(OP2Oc3c(cc(C)cc3C(C)(C)C)Cc3cc(C)cc(C(C)(C)C)c3O2)c(C(C)(C)C)c1. The molecule has 0 aliphatic carbocycles. The predicted octanol–water partition coefficient (Wildman–Crippen LogP) is 16.1. The zero-order valence-corrected chi connectivity index (χ0v) is 42.7. The van der Waals surface area contributed by atoms with Gasteiger partial charge in [0.05, 0.1) is 19.6 Å². The van der Waals surface area contributed by atoms with Gasteiger partial charge < -0.3 is 36.6 Å². The highest BCUT2D eigenvalue weighted by molar-refractivity contribution is 7.43. The third-order valence-electron chi connectivity index (χ3n) is 12.0. The van der Waals surface area contributed by atoms with Crippen molar-refractivity contribution in [3.05, 3.63) is 129 Å². The highest BCUT2D eigenvalue weighted by Crippen LogP contribution is 2.59. The van der Waals surface area contributed by atoms with E-state index in [4.69, 9.17) is 36.6 Å². The fourth-order valence-electron chi connectivity index (χ4n) is 8.64. The molecule has 65 heavy (non-hydrogen) atoms. The van der Waals surface area contributed by atoms with Gasteiger partial charge >= 0.3 is 17.2 Å². The van der Waals surface area contributed by atoms with Gasteiger partial charge in [0.15, 0.2) is 0 Å². The Bertz CT molecular complexity index is 2690. The molecule has 10 heteroatoms. The van der Waals surface area contributed by atoms with Gasteiger partial charge in [0.25, 0.3) is 0 Å². The Hall–Kier alpha value is -5.16. The smallest absolute Gasteiger partial charge is 0.497 e. The first-order valence-electron chi connectivity index (χ1n) is 22.4. The van der Waals surface area contributed by atoms with Gasteiger partial charge in [-0.3, -0.25) is 0 Å². The minimum Gasteiger partial charge on any atom is -0.497 e. The second kappa shape index (κ2) is 16.9. The highest BCUT2D eigenvalue weighted by atomic mass is 31.2. The van der Waals surface area contributed by atoms with E-state index in [-0.39, 0.29) is 10.8 Å². The summed E-state index contributed by atoms with van der Waals surface area (Å²) in [5.41, 5.74) is 8.60. The molecule has 0 N–H and O–H groups in total. The normalized spacial score (nSPS) is 14.5. The lowest BCUT2D eigenvalue weighted by molar-refractivity contribution is 0.363. The number of ether oxygens (including phenoxy) is 2.